The van der Waals surface area contributed by atoms with E-state index in [1.807, 2.05) is 0 Å². The highest BCUT2D eigenvalue weighted by molar-refractivity contribution is 6.31. The lowest BCUT2D eigenvalue weighted by molar-refractivity contribution is 0.170. The molecular formula is C10H14ClNO3. The number of pyridine rings is 1. The molecule has 0 unspecified atom stereocenters. The van der Waals surface area contributed by atoms with Crippen molar-refractivity contribution in [3.8, 4) is 5.88 Å². The molecule has 4 nitrogen and oxygen atoms in total. The Kier molecular flexibility index (Phi) is 5.39. The quantitative estimate of drug-likeness (QED) is 0.757. The molecule has 1 N–H and O–H groups in total. The van der Waals surface area contributed by atoms with Gasteiger partial charge in [-0.15, -0.1) is 0 Å². The zero-order valence-electron chi connectivity index (χ0n) is 8.57. The van der Waals surface area contributed by atoms with E-state index in [1.165, 1.54) is 6.20 Å². The molecule has 0 aliphatic rings. The van der Waals surface area contributed by atoms with Gasteiger partial charge in [0.25, 0.3) is 0 Å². The predicted octanol–water partition coefficient (Wildman–Crippen LogP) is 1.64. The van der Waals surface area contributed by atoms with Crippen molar-refractivity contribution < 1.29 is 14.6 Å². The van der Waals surface area contributed by atoms with Crippen LogP contribution < -0.4 is 4.74 Å². The average Bonchev–Trinajstić information content (AvgIpc) is 2.26. The molecule has 0 saturated carbocycles. The van der Waals surface area contributed by atoms with E-state index in [0.29, 0.717) is 29.7 Å². The largest absolute Gasteiger partial charge is 0.477 e. The highest BCUT2D eigenvalue weighted by Crippen LogP contribution is 2.22. The summed E-state index contributed by atoms with van der Waals surface area (Å²) < 4.78 is 10.2. The molecule has 1 aromatic rings. The van der Waals surface area contributed by atoms with E-state index in [1.54, 1.807) is 13.2 Å². The van der Waals surface area contributed by atoms with Crippen LogP contribution in [0.1, 0.15) is 12.0 Å². The van der Waals surface area contributed by atoms with Crippen LogP contribution in [-0.2, 0) is 11.3 Å². The normalized spacial score (nSPS) is 10.3. The van der Waals surface area contributed by atoms with Gasteiger partial charge in [0.05, 0.1) is 13.2 Å². The zero-order valence-corrected chi connectivity index (χ0v) is 9.33. The third kappa shape index (κ3) is 4.03. The number of hydrogen-bond donors (Lipinski definition) is 1. The summed E-state index contributed by atoms with van der Waals surface area (Å²) in [6, 6.07) is 1.64. The second-order valence-corrected chi connectivity index (χ2v) is 3.39. The van der Waals surface area contributed by atoms with Gasteiger partial charge < -0.3 is 14.6 Å². The fraction of sp³-hybridized carbons (Fsp3) is 0.500. The van der Waals surface area contributed by atoms with E-state index in [0.717, 1.165) is 6.42 Å². The number of aromatic nitrogens is 1. The first-order valence-corrected chi connectivity index (χ1v) is 5.02. The van der Waals surface area contributed by atoms with Gasteiger partial charge in [0.2, 0.25) is 5.88 Å². The molecule has 0 amide bonds. The molecule has 84 valence electrons. The molecule has 1 heterocycles. The number of ether oxygens (including phenoxy) is 2. The minimum Gasteiger partial charge on any atom is -0.477 e. The third-order valence-electron chi connectivity index (χ3n) is 1.78. The molecular weight excluding hydrogens is 218 g/mol. The van der Waals surface area contributed by atoms with Crippen molar-refractivity contribution in [3.05, 3.63) is 22.8 Å². The van der Waals surface area contributed by atoms with Crippen LogP contribution in [0, 0.1) is 0 Å². The summed E-state index contributed by atoms with van der Waals surface area (Å²) in [6.07, 6.45) is 2.33. The Morgan fingerprint density at radius 2 is 2.27 bits per heavy atom. The number of methoxy groups -OCH3 is 1. The van der Waals surface area contributed by atoms with Crippen molar-refractivity contribution in [2.45, 2.75) is 13.0 Å². The summed E-state index contributed by atoms with van der Waals surface area (Å²) in [6.45, 7) is 1.09. The van der Waals surface area contributed by atoms with E-state index in [4.69, 9.17) is 26.2 Å². The summed E-state index contributed by atoms with van der Waals surface area (Å²) in [5, 5.41) is 9.26. The van der Waals surface area contributed by atoms with Gasteiger partial charge in [-0.25, -0.2) is 4.98 Å². The molecule has 5 heteroatoms. The van der Waals surface area contributed by atoms with E-state index in [-0.39, 0.29) is 6.61 Å². The monoisotopic (exact) mass is 231 g/mol. The van der Waals surface area contributed by atoms with Gasteiger partial charge in [-0.2, -0.15) is 0 Å². The van der Waals surface area contributed by atoms with Crippen LogP contribution in [0.15, 0.2) is 12.3 Å². The Hall–Kier alpha value is -0.840. The van der Waals surface area contributed by atoms with E-state index >= 15 is 0 Å². The van der Waals surface area contributed by atoms with Crippen LogP contribution >= 0.6 is 11.6 Å². The van der Waals surface area contributed by atoms with Gasteiger partial charge in [0.1, 0.15) is 5.02 Å². The van der Waals surface area contributed by atoms with Gasteiger partial charge in [-0.1, -0.05) is 11.6 Å². The maximum atomic E-state index is 8.84. The van der Waals surface area contributed by atoms with E-state index in [9.17, 15) is 0 Å². The van der Waals surface area contributed by atoms with Crippen molar-refractivity contribution >= 4 is 11.6 Å². The maximum absolute atomic E-state index is 8.84. The van der Waals surface area contributed by atoms with Crippen molar-refractivity contribution in [3.63, 3.8) is 0 Å². The summed E-state index contributed by atoms with van der Waals surface area (Å²) in [4.78, 5) is 3.99. The van der Waals surface area contributed by atoms with Crippen molar-refractivity contribution in [2.75, 3.05) is 20.3 Å². The fourth-order valence-corrected chi connectivity index (χ4v) is 1.27. The molecule has 1 aromatic heterocycles. The summed E-state index contributed by atoms with van der Waals surface area (Å²) in [5.41, 5.74) is 0.671. The second-order valence-electron chi connectivity index (χ2n) is 2.98. The molecule has 1 rings (SSSR count). The number of aliphatic hydroxyl groups is 1. The molecule has 0 aliphatic carbocycles. The van der Waals surface area contributed by atoms with Crippen LogP contribution in [0.25, 0.3) is 0 Å². The van der Waals surface area contributed by atoms with Crippen LogP contribution in [-0.4, -0.2) is 30.4 Å². The van der Waals surface area contributed by atoms with Crippen molar-refractivity contribution in [2.24, 2.45) is 0 Å². The molecule has 15 heavy (non-hydrogen) atoms. The van der Waals surface area contributed by atoms with Crippen LogP contribution in [0.2, 0.25) is 5.02 Å². The lowest BCUT2D eigenvalue weighted by atomic mass is 10.3. The van der Waals surface area contributed by atoms with Gasteiger partial charge >= 0.3 is 0 Å². The van der Waals surface area contributed by atoms with E-state index < -0.39 is 0 Å². The third-order valence-corrected chi connectivity index (χ3v) is 2.05. The van der Waals surface area contributed by atoms with Crippen LogP contribution in [0.5, 0.6) is 5.88 Å². The first-order chi connectivity index (χ1) is 7.27. The minimum absolute atomic E-state index is 0.0727. The van der Waals surface area contributed by atoms with Gasteiger partial charge in [-0.05, 0) is 11.6 Å². The lowest BCUT2D eigenvalue weighted by Gasteiger charge is -2.07. The lowest BCUT2D eigenvalue weighted by Crippen LogP contribution is -2.03. The molecule has 0 spiro atoms. The molecule has 0 aromatic carbocycles. The molecule has 0 saturated heterocycles. The number of rotatable bonds is 6. The summed E-state index contributed by atoms with van der Waals surface area (Å²) >= 11 is 5.89. The highest BCUT2D eigenvalue weighted by Gasteiger charge is 2.04. The summed E-state index contributed by atoms with van der Waals surface area (Å²) in [7, 11) is 1.64. The second kappa shape index (κ2) is 6.61. The SMILES string of the molecule is COCCCOc1ncc(CO)cc1Cl. The zero-order chi connectivity index (χ0) is 11.1. The standard InChI is InChI=1S/C10H14ClNO3/c1-14-3-2-4-15-10-9(11)5-8(7-13)6-12-10/h5-6,13H,2-4,7H2,1H3. The Morgan fingerprint density at radius 3 is 2.87 bits per heavy atom. The molecule has 0 fully saturated rings. The topological polar surface area (TPSA) is 51.6 Å². The molecule has 0 radical (unpaired) electrons. The van der Waals surface area contributed by atoms with Crippen LogP contribution in [0.3, 0.4) is 0 Å². The van der Waals surface area contributed by atoms with Gasteiger partial charge in [-0.3, -0.25) is 0 Å². The number of halogens is 1. The first kappa shape index (κ1) is 12.2. The van der Waals surface area contributed by atoms with Crippen LogP contribution in [0.4, 0.5) is 0 Å². The smallest absolute Gasteiger partial charge is 0.232 e. The number of aliphatic hydroxyl groups excluding tert-OH is 1. The first-order valence-electron chi connectivity index (χ1n) is 4.65. The van der Waals surface area contributed by atoms with Gasteiger partial charge in [0, 0.05) is 26.3 Å². The van der Waals surface area contributed by atoms with E-state index in [2.05, 4.69) is 4.98 Å². The Morgan fingerprint density at radius 1 is 1.47 bits per heavy atom. The van der Waals surface area contributed by atoms with Gasteiger partial charge in [0.15, 0.2) is 0 Å². The number of nitrogens with zero attached hydrogens (tertiary/aromatic N) is 1. The van der Waals surface area contributed by atoms with Crippen molar-refractivity contribution in [1.29, 1.82) is 0 Å². The Bertz CT molecular complexity index is 307. The minimum atomic E-state index is -0.0727. The van der Waals surface area contributed by atoms with Crippen molar-refractivity contribution in [1.82, 2.24) is 4.98 Å². The molecule has 0 bridgehead atoms. The fourth-order valence-electron chi connectivity index (χ4n) is 1.03. The summed E-state index contributed by atoms with van der Waals surface area (Å²) in [5.74, 6) is 0.393. The average molecular weight is 232 g/mol. The maximum Gasteiger partial charge on any atom is 0.232 e. The highest BCUT2D eigenvalue weighted by atomic mass is 35.5. The number of hydrogen-bond acceptors (Lipinski definition) is 4. The molecule has 0 aliphatic heterocycles. The Balaban J connectivity index is 2.47. The Labute approximate surface area is 93.8 Å². The molecule has 0 atom stereocenters. The predicted molar refractivity (Wildman–Crippen MR) is 57.2 cm³/mol.